The molecule has 0 bridgehead atoms. The summed E-state index contributed by atoms with van der Waals surface area (Å²) in [5, 5.41) is 7.23. The van der Waals surface area contributed by atoms with Gasteiger partial charge in [0, 0.05) is 19.3 Å². The van der Waals surface area contributed by atoms with Gasteiger partial charge in [-0.1, -0.05) is 5.16 Å². The third kappa shape index (κ3) is 2.45. The summed E-state index contributed by atoms with van der Waals surface area (Å²) in [4.78, 5) is -0.0560. The second-order valence-corrected chi connectivity index (χ2v) is 5.09. The Morgan fingerprint density at radius 2 is 2.35 bits per heavy atom. The largest absolute Gasteiger partial charge is 0.381 e. The first kappa shape index (κ1) is 11.6. The molecule has 0 atom stereocenters. The normalized spacial score (nSPS) is 11.8. The second kappa shape index (κ2) is 4.18. The Kier molecular flexibility index (Phi) is 2.86. The third-order valence-electron chi connectivity index (χ3n) is 2.04. The Balaban J connectivity index is 2.17. The molecule has 17 heavy (non-hydrogen) atoms. The van der Waals surface area contributed by atoms with Crippen LogP contribution in [0.5, 0.6) is 0 Å². The monoisotopic (exact) mass is 257 g/mol. The summed E-state index contributed by atoms with van der Waals surface area (Å²) >= 11 is 0. The summed E-state index contributed by atoms with van der Waals surface area (Å²) in [5.74, 6) is 0.369. The lowest BCUT2D eigenvalue weighted by Crippen LogP contribution is -2.23. The lowest BCUT2D eigenvalue weighted by Gasteiger charge is -2.02. The van der Waals surface area contributed by atoms with Crippen LogP contribution in [0.1, 0.15) is 5.76 Å². The molecule has 0 saturated carbocycles. The Morgan fingerprint density at radius 1 is 1.59 bits per heavy atom. The summed E-state index contributed by atoms with van der Waals surface area (Å²) in [6.07, 6.45) is 2.76. The molecule has 2 heterocycles. The van der Waals surface area contributed by atoms with Crippen molar-refractivity contribution >= 4 is 15.8 Å². The SMILES string of the molecule is Cn1cc(S(=O)(=O)NCc2ccno2)c(N)n1. The lowest BCUT2D eigenvalue weighted by atomic mass is 10.5. The van der Waals surface area contributed by atoms with E-state index in [1.54, 1.807) is 13.1 Å². The van der Waals surface area contributed by atoms with E-state index in [0.717, 1.165) is 0 Å². The third-order valence-corrected chi connectivity index (χ3v) is 3.46. The number of nitrogens with zero attached hydrogens (tertiary/aromatic N) is 3. The van der Waals surface area contributed by atoms with Gasteiger partial charge in [-0.25, -0.2) is 13.1 Å². The molecule has 0 aromatic carbocycles. The first-order valence-electron chi connectivity index (χ1n) is 4.67. The Labute approximate surface area is 97.4 Å². The van der Waals surface area contributed by atoms with Gasteiger partial charge in [0.2, 0.25) is 10.0 Å². The predicted molar refractivity (Wildman–Crippen MR) is 58.1 cm³/mol. The van der Waals surface area contributed by atoms with E-state index in [-0.39, 0.29) is 17.3 Å². The average molecular weight is 257 g/mol. The quantitative estimate of drug-likeness (QED) is 0.760. The highest BCUT2D eigenvalue weighted by molar-refractivity contribution is 7.89. The van der Waals surface area contributed by atoms with Gasteiger partial charge in [0.05, 0.1) is 12.7 Å². The average Bonchev–Trinajstić information content (AvgIpc) is 2.85. The van der Waals surface area contributed by atoms with Crippen molar-refractivity contribution in [3.05, 3.63) is 24.2 Å². The van der Waals surface area contributed by atoms with Gasteiger partial charge in [-0.3, -0.25) is 4.68 Å². The summed E-state index contributed by atoms with van der Waals surface area (Å²) in [7, 11) is -2.10. The number of hydrogen-bond donors (Lipinski definition) is 2. The molecule has 0 amide bonds. The molecule has 0 aliphatic heterocycles. The van der Waals surface area contributed by atoms with Crippen LogP contribution in [-0.2, 0) is 23.6 Å². The molecule has 2 rings (SSSR count). The highest BCUT2D eigenvalue weighted by Crippen LogP contribution is 2.15. The number of nitrogen functional groups attached to an aromatic ring is 1. The predicted octanol–water partition coefficient (Wildman–Crippen LogP) is -0.531. The van der Waals surface area contributed by atoms with E-state index in [0.29, 0.717) is 5.76 Å². The smallest absolute Gasteiger partial charge is 0.246 e. The molecule has 2 aromatic heterocycles. The van der Waals surface area contributed by atoms with Crippen LogP contribution in [0, 0.1) is 0 Å². The van der Waals surface area contributed by atoms with Crippen molar-refractivity contribution in [3.8, 4) is 0 Å². The summed E-state index contributed by atoms with van der Waals surface area (Å²) in [5.41, 5.74) is 5.49. The maximum Gasteiger partial charge on any atom is 0.246 e. The topological polar surface area (TPSA) is 116 Å². The maximum absolute atomic E-state index is 11.9. The zero-order valence-corrected chi connectivity index (χ0v) is 9.81. The van der Waals surface area contributed by atoms with E-state index < -0.39 is 10.0 Å². The van der Waals surface area contributed by atoms with Crippen molar-refractivity contribution < 1.29 is 12.9 Å². The van der Waals surface area contributed by atoms with Crippen LogP contribution >= 0.6 is 0 Å². The molecule has 8 nitrogen and oxygen atoms in total. The van der Waals surface area contributed by atoms with Gasteiger partial charge < -0.3 is 10.3 Å². The molecule has 0 aliphatic rings. The van der Waals surface area contributed by atoms with Crippen LogP contribution in [0.15, 0.2) is 27.9 Å². The Bertz CT molecular complexity index is 601. The fraction of sp³-hybridized carbons (Fsp3) is 0.250. The number of rotatable bonds is 4. The van der Waals surface area contributed by atoms with Crippen LogP contribution in [0.25, 0.3) is 0 Å². The fourth-order valence-corrected chi connectivity index (χ4v) is 2.36. The molecule has 0 fully saturated rings. The van der Waals surface area contributed by atoms with E-state index in [1.807, 2.05) is 0 Å². The van der Waals surface area contributed by atoms with E-state index in [1.165, 1.54) is 17.1 Å². The van der Waals surface area contributed by atoms with Crippen LogP contribution in [-0.4, -0.2) is 23.4 Å². The van der Waals surface area contributed by atoms with E-state index in [4.69, 9.17) is 10.3 Å². The van der Waals surface area contributed by atoms with Crippen molar-refractivity contribution in [1.82, 2.24) is 19.7 Å². The minimum atomic E-state index is -3.69. The summed E-state index contributed by atoms with van der Waals surface area (Å²) in [6, 6.07) is 1.56. The number of sulfonamides is 1. The van der Waals surface area contributed by atoms with Crippen LogP contribution < -0.4 is 10.5 Å². The molecule has 0 saturated heterocycles. The van der Waals surface area contributed by atoms with Crippen molar-refractivity contribution in [3.63, 3.8) is 0 Å². The molecule has 0 radical (unpaired) electrons. The van der Waals surface area contributed by atoms with Crippen molar-refractivity contribution in [2.24, 2.45) is 7.05 Å². The Hall–Kier alpha value is -1.87. The molecule has 0 spiro atoms. The molecule has 2 aromatic rings. The molecule has 92 valence electrons. The van der Waals surface area contributed by atoms with Crippen molar-refractivity contribution in [1.29, 1.82) is 0 Å². The number of aryl methyl sites for hydroxylation is 1. The fourth-order valence-electron chi connectivity index (χ4n) is 1.27. The zero-order valence-electron chi connectivity index (χ0n) is 8.99. The van der Waals surface area contributed by atoms with Crippen molar-refractivity contribution in [2.75, 3.05) is 5.73 Å². The highest BCUT2D eigenvalue weighted by atomic mass is 32.2. The number of nitrogens with two attached hydrogens (primary N) is 1. The van der Waals surface area contributed by atoms with E-state index in [2.05, 4.69) is 15.0 Å². The van der Waals surface area contributed by atoms with Gasteiger partial charge >= 0.3 is 0 Å². The first-order chi connectivity index (χ1) is 7.99. The number of aromatic nitrogens is 3. The molecule has 0 aliphatic carbocycles. The van der Waals surface area contributed by atoms with Crippen LogP contribution in [0.2, 0.25) is 0 Å². The summed E-state index contributed by atoms with van der Waals surface area (Å²) in [6.45, 7) is 0.0106. The van der Waals surface area contributed by atoms with Crippen molar-refractivity contribution in [2.45, 2.75) is 11.4 Å². The van der Waals surface area contributed by atoms with Gasteiger partial charge in [-0.2, -0.15) is 5.10 Å². The minimum Gasteiger partial charge on any atom is -0.381 e. The Morgan fingerprint density at radius 3 is 2.88 bits per heavy atom. The van der Waals surface area contributed by atoms with E-state index >= 15 is 0 Å². The first-order valence-corrected chi connectivity index (χ1v) is 6.16. The zero-order chi connectivity index (χ0) is 12.5. The van der Waals surface area contributed by atoms with Crippen LogP contribution in [0.4, 0.5) is 5.82 Å². The summed E-state index contributed by atoms with van der Waals surface area (Å²) < 4.78 is 32.1. The standard InChI is InChI=1S/C8H11N5O3S/c1-13-5-7(8(9)12-13)17(14,15)11-4-6-2-3-10-16-6/h2-3,5,11H,4H2,1H3,(H2,9,12). The molecule has 3 N–H and O–H groups in total. The van der Waals surface area contributed by atoms with E-state index in [9.17, 15) is 8.42 Å². The second-order valence-electron chi connectivity index (χ2n) is 3.36. The number of nitrogens with one attached hydrogen (secondary N) is 1. The van der Waals surface area contributed by atoms with Gasteiger partial charge in [0.1, 0.15) is 4.90 Å². The highest BCUT2D eigenvalue weighted by Gasteiger charge is 2.20. The van der Waals surface area contributed by atoms with Crippen LogP contribution in [0.3, 0.4) is 0 Å². The van der Waals surface area contributed by atoms with Gasteiger partial charge in [0.15, 0.2) is 11.6 Å². The number of anilines is 1. The molecular weight excluding hydrogens is 246 g/mol. The molecule has 0 unspecified atom stereocenters. The lowest BCUT2D eigenvalue weighted by molar-refractivity contribution is 0.380. The minimum absolute atomic E-state index is 0.0106. The van der Waals surface area contributed by atoms with Gasteiger partial charge in [-0.15, -0.1) is 0 Å². The maximum atomic E-state index is 11.9. The molecule has 9 heteroatoms. The van der Waals surface area contributed by atoms with Gasteiger partial charge in [-0.05, 0) is 0 Å². The van der Waals surface area contributed by atoms with Gasteiger partial charge in [0.25, 0.3) is 0 Å². The molecular formula is C8H11N5O3S. The number of hydrogen-bond acceptors (Lipinski definition) is 6.